The van der Waals surface area contributed by atoms with Crippen LogP contribution in [0.2, 0.25) is 5.02 Å². The number of hydrogen-bond acceptors (Lipinski definition) is 4. The van der Waals surface area contributed by atoms with Crippen molar-refractivity contribution < 1.29 is 24.6 Å². The topological polar surface area (TPSA) is 107 Å². The monoisotopic (exact) mass is 296 g/mol. The van der Waals surface area contributed by atoms with Gasteiger partial charge >= 0.3 is 12.0 Å². The van der Waals surface area contributed by atoms with E-state index in [-0.39, 0.29) is 17.0 Å². The maximum absolute atomic E-state index is 11.8. The summed E-state index contributed by atoms with van der Waals surface area (Å²) in [6.07, 6.45) is 1.23. The van der Waals surface area contributed by atoms with Crippen LogP contribution in [0.4, 0.5) is 4.79 Å². The van der Waals surface area contributed by atoms with Crippen LogP contribution in [0.5, 0.6) is 5.75 Å². The van der Waals surface area contributed by atoms with E-state index in [0.717, 1.165) is 0 Å². The first-order valence-electron chi connectivity index (χ1n) is 5.43. The molecule has 0 bridgehead atoms. The van der Waals surface area contributed by atoms with E-state index in [1.54, 1.807) is 0 Å². The van der Waals surface area contributed by atoms with Gasteiger partial charge in [-0.3, -0.25) is 9.59 Å². The molecule has 1 aromatic rings. The van der Waals surface area contributed by atoms with E-state index >= 15 is 0 Å². The van der Waals surface area contributed by atoms with Crippen molar-refractivity contribution in [2.45, 2.75) is 0 Å². The molecule has 8 heteroatoms. The number of imide groups is 1. The highest BCUT2D eigenvalue weighted by molar-refractivity contribution is 6.30. The lowest BCUT2D eigenvalue weighted by atomic mass is 10.1. The first-order valence-corrected chi connectivity index (χ1v) is 5.81. The number of urea groups is 1. The lowest BCUT2D eigenvalue weighted by molar-refractivity contribution is -0.140. The van der Waals surface area contributed by atoms with Crippen LogP contribution < -0.4 is 5.32 Å². The molecule has 1 aliphatic heterocycles. The number of phenolic OH excluding ortho intramolecular Hbond substituents is 1. The highest BCUT2D eigenvalue weighted by Crippen LogP contribution is 2.24. The van der Waals surface area contributed by atoms with Crippen LogP contribution in [0.1, 0.15) is 5.56 Å². The minimum absolute atomic E-state index is 0.124. The summed E-state index contributed by atoms with van der Waals surface area (Å²) in [4.78, 5) is 34.4. The molecule has 1 heterocycles. The van der Waals surface area contributed by atoms with Gasteiger partial charge in [-0.1, -0.05) is 11.6 Å². The van der Waals surface area contributed by atoms with Crippen molar-refractivity contribution in [2.24, 2.45) is 0 Å². The number of carboxylic acids is 1. The van der Waals surface area contributed by atoms with Crippen molar-refractivity contribution in [3.05, 3.63) is 34.5 Å². The Kier molecular flexibility index (Phi) is 3.62. The maximum Gasteiger partial charge on any atom is 0.329 e. The van der Waals surface area contributed by atoms with Crippen LogP contribution >= 0.6 is 11.6 Å². The number of aliphatic carboxylic acids is 1. The molecule has 7 nitrogen and oxygen atoms in total. The molecule has 1 aliphatic rings. The zero-order valence-corrected chi connectivity index (χ0v) is 10.7. The van der Waals surface area contributed by atoms with Gasteiger partial charge in [-0.05, 0) is 24.3 Å². The molecular weight excluding hydrogens is 288 g/mol. The Bertz CT molecular complexity index is 641. The van der Waals surface area contributed by atoms with E-state index in [1.165, 1.54) is 24.3 Å². The lowest BCUT2D eigenvalue weighted by Gasteiger charge is -2.07. The molecule has 0 aliphatic carbocycles. The fourth-order valence-corrected chi connectivity index (χ4v) is 1.83. The molecule has 104 valence electrons. The second-order valence-corrected chi connectivity index (χ2v) is 4.41. The van der Waals surface area contributed by atoms with Gasteiger partial charge in [0.05, 0.1) is 0 Å². The molecule has 1 saturated heterocycles. The first kappa shape index (κ1) is 13.9. The number of carbonyl (C=O) groups excluding carboxylic acids is 2. The zero-order valence-electron chi connectivity index (χ0n) is 9.96. The Morgan fingerprint density at radius 1 is 1.40 bits per heavy atom. The summed E-state index contributed by atoms with van der Waals surface area (Å²) < 4.78 is 0. The van der Waals surface area contributed by atoms with Crippen molar-refractivity contribution in [2.75, 3.05) is 6.54 Å². The average Bonchev–Trinajstić information content (AvgIpc) is 2.61. The summed E-state index contributed by atoms with van der Waals surface area (Å²) in [6.45, 7) is -0.733. The lowest BCUT2D eigenvalue weighted by Crippen LogP contribution is -2.35. The van der Waals surface area contributed by atoms with Crippen molar-refractivity contribution >= 4 is 35.6 Å². The zero-order chi connectivity index (χ0) is 14.9. The van der Waals surface area contributed by atoms with E-state index in [4.69, 9.17) is 16.7 Å². The summed E-state index contributed by atoms with van der Waals surface area (Å²) in [5, 5.41) is 20.8. The van der Waals surface area contributed by atoms with Crippen molar-refractivity contribution in [3.8, 4) is 5.75 Å². The smallest absolute Gasteiger partial charge is 0.329 e. The van der Waals surface area contributed by atoms with Gasteiger partial charge in [0.2, 0.25) is 0 Å². The SMILES string of the molecule is O=C(O)CN1C(=O)N/C(=C/c2cc(Cl)ccc2O)C1=O. The number of amides is 3. The predicted molar refractivity (Wildman–Crippen MR) is 69.0 cm³/mol. The minimum atomic E-state index is -1.31. The van der Waals surface area contributed by atoms with Crippen molar-refractivity contribution in [1.82, 2.24) is 10.2 Å². The van der Waals surface area contributed by atoms with E-state index < -0.39 is 24.5 Å². The highest BCUT2D eigenvalue weighted by Gasteiger charge is 2.34. The van der Waals surface area contributed by atoms with Crippen LogP contribution in [-0.4, -0.2) is 39.6 Å². The van der Waals surface area contributed by atoms with Crippen LogP contribution in [0.25, 0.3) is 6.08 Å². The summed E-state index contributed by atoms with van der Waals surface area (Å²) >= 11 is 5.76. The number of nitrogens with one attached hydrogen (secondary N) is 1. The van der Waals surface area contributed by atoms with Gasteiger partial charge in [-0.25, -0.2) is 9.69 Å². The number of phenols is 1. The van der Waals surface area contributed by atoms with E-state index in [1.807, 2.05) is 0 Å². The third kappa shape index (κ3) is 2.72. The third-order valence-corrected chi connectivity index (χ3v) is 2.78. The Hall–Kier alpha value is -2.54. The molecule has 20 heavy (non-hydrogen) atoms. The number of benzene rings is 1. The molecule has 0 unspecified atom stereocenters. The number of carbonyl (C=O) groups is 3. The largest absolute Gasteiger partial charge is 0.507 e. The summed E-state index contributed by atoms with van der Waals surface area (Å²) in [6, 6.07) is 3.38. The quantitative estimate of drug-likeness (QED) is 0.570. The molecule has 0 atom stereocenters. The molecular formula is C12H9ClN2O5. The van der Waals surface area contributed by atoms with Gasteiger partial charge in [0, 0.05) is 10.6 Å². The van der Waals surface area contributed by atoms with Crippen LogP contribution in [-0.2, 0) is 9.59 Å². The van der Waals surface area contributed by atoms with Gasteiger partial charge in [-0.15, -0.1) is 0 Å². The molecule has 2 rings (SSSR count). The van der Waals surface area contributed by atoms with Gasteiger partial charge < -0.3 is 15.5 Å². The summed E-state index contributed by atoms with van der Waals surface area (Å²) in [5.41, 5.74) is 0.104. The van der Waals surface area contributed by atoms with Crippen LogP contribution in [0, 0.1) is 0 Å². The molecule has 3 amide bonds. The van der Waals surface area contributed by atoms with E-state index in [0.29, 0.717) is 9.92 Å². The number of carboxylic acid groups (broad SMARTS) is 1. The molecule has 0 radical (unpaired) electrons. The fraction of sp³-hybridized carbons (Fsp3) is 0.0833. The van der Waals surface area contributed by atoms with Crippen LogP contribution in [0.3, 0.4) is 0 Å². The van der Waals surface area contributed by atoms with E-state index in [2.05, 4.69) is 5.32 Å². The Balaban J connectivity index is 2.32. The normalized spacial score (nSPS) is 16.6. The summed E-state index contributed by atoms with van der Waals surface area (Å²) in [7, 11) is 0. The number of rotatable bonds is 3. The first-order chi connectivity index (χ1) is 9.38. The second kappa shape index (κ2) is 5.22. The predicted octanol–water partition coefficient (Wildman–Crippen LogP) is 1.02. The Labute approximate surface area is 118 Å². The Morgan fingerprint density at radius 2 is 2.10 bits per heavy atom. The number of halogens is 1. The van der Waals surface area contributed by atoms with Gasteiger partial charge in [0.1, 0.15) is 18.0 Å². The second-order valence-electron chi connectivity index (χ2n) is 3.98. The van der Waals surface area contributed by atoms with Crippen molar-refractivity contribution in [3.63, 3.8) is 0 Å². The number of hydrogen-bond donors (Lipinski definition) is 3. The molecule has 1 aromatic carbocycles. The minimum Gasteiger partial charge on any atom is -0.507 e. The Morgan fingerprint density at radius 3 is 2.75 bits per heavy atom. The molecule has 0 aromatic heterocycles. The van der Waals surface area contributed by atoms with Gasteiger partial charge in [-0.2, -0.15) is 0 Å². The molecule has 0 spiro atoms. The van der Waals surface area contributed by atoms with Gasteiger partial charge in [0.15, 0.2) is 0 Å². The van der Waals surface area contributed by atoms with Crippen molar-refractivity contribution in [1.29, 1.82) is 0 Å². The van der Waals surface area contributed by atoms with Crippen LogP contribution in [0.15, 0.2) is 23.9 Å². The highest BCUT2D eigenvalue weighted by atomic mass is 35.5. The van der Waals surface area contributed by atoms with Gasteiger partial charge in [0.25, 0.3) is 5.91 Å². The number of nitrogens with zero attached hydrogens (tertiary/aromatic N) is 1. The third-order valence-electron chi connectivity index (χ3n) is 2.55. The standard InChI is InChI=1S/C12H9ClN2O5/c13-7-1-2-9(16)6(3-7)4-8-11(19)15(5-10(17)18)12(20)14-8/h1-4,16H,5H2,(H,14,20)(H,17,18)/b8-4+. The molecule has 0 saturated carbocycles. The molecule has 1 fully saturated rings. The maximum atomic E-state index is 11.8. The van der Waals surface area contributed by atoms with E-state index in [9.17, 15) is 19.5 Å². The fourth-order valence-electron chi connectivity index (χ4n) is 1.65. The molecule has 3 N–H and O–H groups in total. The number of aromatic hydroxyl groups is 1. The summed E-state index contributed by atoms with van der Waals surface area (Å²) in [5.74, 6) is -2.21. The average molecular weight is 297 g/mol.